The number of rotatable bonds is 6. The van der Waals surface area contributed by atoms with Crippen molar-refractivity contribution in [2.45, 2.75) is 19.3 Å². The second-order valence-corrected chi connectivity index (χ2v) is 17.6. The van der Waals surface area contributed by atoms with Crippen LogP contribution in [0.25, 0.3) is 111 Å². The van der Waals surface area contributed by atoms with Gasteiger partial charge in [-0.25, -0.2) is 15.0 Å². The summed E-state index contributed by atoms with van der Waals surface area (Å²) in [6.07, 6.45) is 0. The van der Waals surface area contributed by atoms with E-state index in [1.807, 2.05) is 36.4 Å². The van der Waals surface area contributed by atoms with E-state index < -0.39 is 0 Å². The summed E-state index contributed by atoms with van der Waals surface area (Å²) in [5.41, 5.74) is 17.0. The Labute approximate surface area is 376 Å². The molecule has 3 heterocycles. The molecule has 1 aliphatic rings. The van der Waals surface area contributed by atoms with E-state index in [1.165, 1.54) is 54.8 Å². The van der Waals surface area contributed by atoms with Crippen LogP contribution in [0.3, 0.4) is 0 Å². The molecule has 1 aliphatic carbocycles. The van der Waals surface area contributed by atoms with Gasteiger partial charge >= 0.3 is 0 Å². The van der Waals surface area contributed by atoms with E-state index in [9.17, 15) is 0 Å². The van der Waals surface area contributed by atoms with Crippen LogP contribution < -0.4 is 0 Å². The molecule has 0 saturated carbocycles. The van der Waals surface area contributed by atoms with Crippen molar-refractivity contribution < 1.29 is 0 Å². The van der Waals surface area contributed by atoms with Crippen LogP contribution >= 0.6 is 0 Å². The van der Waals surface area contributed by atoms with E-state index in [2.05, 4.69) is 199 Å². The average molecular weight is 832 g/mol. The fraction of sp³-hybridized carbons (Fsp3) is 0.0500. The summed E-state index contributed by atoms with van der Waals surface area (Å²) < 4.78 is 4.86. The van der Waals surface area contributed by atoms with Crippen LogP contribution in [0.4, 0.5) is 0 Å². The highest BCUT2D eigenvalue weighted by molar-refractivity contribution is 6.13. The molecule has 9 aromatic carbocycles. The van der Waals surface area contributed by atoms with Crippen molar-refractivity contribution in [2.75, 3.05) is 0 Å². The van der Waals surface area contributed by atoms with Crippen LogP contribution in [-0.2, 0) is 5.41 Å². The molecule has 13 rings (SSSR count). The minimum absolute atomic E-state index is 0.170. The summed E-state index contributed by atoms with van der Waals surface area (Å²) in [7, 11) is 0. The third-order valence-electron chi connectivity index (χ3n) is 13.6. The van der Waals surface area contributed by atoms with Crippen LogP contribution in [0.2, 0.25) is 0 Å². The zero-order chi connectivity index (χ0) is 43.2. The minimum Gasteiger partial charge on any atom is -0.309 e. The lowest BCUT2D eigenvalue weighted by molar-refractivity contribution is 0.661. The molecule has 12 aromatic rings. The Balaban J connectivity index is 1.10. The topological polar surface area (TPSA) is 48.5 Å². The Morgan fingerprint density at radius 2 is 0.846 bits per heavy atom. The van der Waals surface area contributed by atoms with Gasteiger partial charge in [0.05, 0.1) is 27.8 Å². The molecule has 306 valence electrons. The summed E-state index contributed by atoms with van der Waals surface area (Å²) in [5, 5.41) is 4.85. The predicted molar refractivity (Wildman–Crippen MR) is 268 cm³/mol. The number of hydrogen-bond acceptors (Lipinski definition) is 3. The zero-order valence-electron chi connectivity index (χ0n) is 35.9. The Kier molecular flexibility index (Phi) is 8.18. The molecule has 0 atom stereocenters. The van der Waals surface area contributed by atoms with Gasteiger partial charge in [-0.1, -0.05) is 172 Å². The normalized spacial score (nSPS) is 12.9. The molecule has 0 bridgehead atoms. The van der Waals surface area contributed by atoms with Crippen molar-refractivity contribution >= 4 is 43.6 Å². The third kappa shape index (κ3) is 5.75. The Bertz CT molecular complexity index is 3790. The molecule has 5 heteroatoms. The highest BCUT2D eigenvalue weighted by Crippen LogP contribution is 2.51. The molecule has 65 heavy (non-hydrogen) atoms. The Hall–Kier alpha value is -8.41. The van der Waals surface area contributed by atoms with Crippen molar-refractivity contribution in [3.63, 3.8) is 0 Å². The monoisotopic (exact) mass is 831 g/mol. The van der Waals surface area contributed by atoms with Crippen molar-refractivity contribution in [3.05, 3.63) is 223 Å². The second-order valence-electron chi connectivity index (χ2n) is 17.6. The minimum atomic E-state index is -0.170. The van der Waals surface area contributed by atoms with Gasteiger partial charge in [0.1, 0.15) is 0 Å². The number of benzene rings is 9. The van der Waals surface area contributed by atoms with Gasteiger partial charge in [0.15, 0.2) is 17.5 Å². The maximum absolute atomic E-state index is 5.21. The van der Waals surface area contributed by atoms with Crippen molar-refractivity contribution in [1.82, 2.24) is 24.1 Å². The van der Waals surface area contributed by atoms with Gasteiger partial charge in [-0.3, -0.25) is 0 Å². The number of nitrogens with zero attached hydrogens (tertiary/aromatic N) is 5. The molecular weight excluding hydrogens is 791 g/mol. The van der Waals surface area contributed by atoms with E-state index in [4.69, 9.17) is 15.0 Å². The van der Waals surface area contributed by atoms with Gasteiger partial charge in [0, 0.05) is 54.9 Å². The van der Waals surface area contributed by atoms with Crippen molar-refractivity contribution in [1.29, 1.82) is 0 Å². The maximum atomic E-state index is 5.21. The van der Waals surface area contributed by atoms with Crippen LogP contribution in [0, 0.1) is 0 Å². The van der Waals surface area contributed by atoms with Crippen LogP contribution in [-0.4, -0.2) is 24.1 Å². The fourth-order valence-electron chi connectivity index (χ4n) is 10.5. The van der Waals surface area contributed by atoms with Gasteiger partial charge in [0.25, 0.3) is 0 Å². The predicted octanol–water partition coefficient (Wildman–Crippen LogP) is 15.0. The molecule has 3 aromatic heterocycles. The van der Waals surface area contributed by atoms with Crippen LogP contribution in [0.15, 0.2) is 212 Å². The fourth-order valence-corrected chi connectivity index (χ4v) is 10.5. The van der Waals surface area contributed by atoms with Crippen molar-refractivity contribution in [3.8, 4) is 67.8 Å². The number of fused-ring (bicyclic) bond motifs is 9. The molecule has 0 fully saturated rings. The van der Waals surface area contributed by atoms with E-state index in [0.717, 1.165) is 50.2 Å². The molecule has 0 unspecified atom stereocenters. The highest BCUT2D eigenvalue weighted by atomic mass is 15.0. The molecule has 0 N–H and O–H groups in total. The molecule has 0 spiro atoms. The quantitative estimate of drug-likeness (QED) is 0.168. The lowest BCUT2D eigenvalue weighted by atomic mass is 9.82. The van der Waals surface area contributed by atoms with Crippen LogP contribution in [0.5, 0.6) is 0 Å². The summed E-state index contributed by atoms with van der Waals surface area (Å²) >= 11 is 0. The van der Waals surface area contributed by atoms with E-state index in [1.54, 1.807) is 0 Å². The SMILES string of the molecule is CC1(C)c2ccccc2-c2cc3c4ccccc4n(-c4cc(-c5nc(-c6ccccc6)nc(-c6ccccc6)n5)ccc4-c4ccc5c(c4)c4ccccc4n5-c4ccccc4)c3cc21. The first kappa shape index (κ1) is 37.2. The highest BCUT2D eigenvalue weighted by Gasteiger charge is 2.36. The lowest BCUT2D eigenvalue weighted by Gasteiger charge is -2.22. The first-order chi connectivity index (χ1) is 32.0. The summed E-state index contributed by atoms with van der Waals surface area (Å²) in [5.74, 6) is 1.88. The number of hydrogen-bond donors (Lipinski definition) is 0. The first-order valence-corrected chi connectivity index (χ1v) is 22.3. The van der Waals surface area contributed by atoms with Gasteiger partial charge in [0.2, 0.25) is 0 Å². The zero-order valence-corrected chi connectivity index (χ0v) is 35.9. The third-order valence-corrected chi connectivity index (χ3v) is 13.6. The molecule has 5 nitrogen and oxygen atoms in total. The number of para-hydroxylation sites is 3. The standard InChI is InChI=1S/C60H41N5/c1-60(2)50-27-15-12-24-44(50)47-36-49-46-26-14-17-29-53(46)65(56(49)37-51(47)60)55-35-41(59-62-57(38-18-6-3-7-19-38)61-58(63-59)39-20-8-4-9-21-39)30-32-43(55)40-31-33-54-48(34-40)45-25-13-16-28-52(45)64(54)42-22-10-5-11-23-42/h3-37H,1-2H3. The molecule has 0 aliphatic heterocycles. The molecule has 0 amide bonds. The van der Waals surface area contributed by atoms with E-state index in [0.29, 0.717) is 17.5 Å². The largest absolute Gasteiger partial charge is 0.309 e. The van der Waals surface area contributed by atoms with E-state index in [-0.39, 0.29) is 5.41 Å². The second kappa shape index (κ2) is 14.3. The van der Waals surface area contributed by atoms with Gasteiger partial charge in [-0.2, -0.15) is 0 Å². The lowest BCUT2D eigenvalue weighted by Crippen LogP contribution is -2.15. The molecule has 0 saturated heterocycles. The summed E-state index contributed by atoms with van der Waals surface area (Å²) in [6, 6.07) is 76.1. The summed E-state index contributed by atoms with van der Waals surface area (Å²) in [6.45, 7) is 4.72. The Morgan fingerprint density at radius 3 is 1.52 bits per heavy atom. The molecule has 0 radical (unpaired) electrons. The van der Waals surface area contributed by atoms with Gasteiger partial charge in [-0.15, -0.1) is 0 Å². The average Bonchev–Trinajstić information content (AvgIpc) is 3.96. The smallest absolute Gasteiger partial charge is 0.164 e. The van der Waals surface area contributed by atoms with Gasteiger partial charge < -0.3 is 9.13 Å². The summed E-state index contributed by atoms with van der Waals surface area (Å²) in [4.78, 5) is 15.5. The van der Waals surface area contributed by atoms with Gasteiger partial charge in [-0.05, 0) is 82.4 Å². The molecular formula is C60H41N5. The Morgan fingerprint density at radius 1 is 0.323 bits per heavy atom. The number of aromatic nitrogens is 5. The van der Waals surface area contributed by atoms with Crippen molar-refractivity contribution in [2.24, 2.45) is 0 Å². The van der Waals surface area contributed by atoms with E-state index >= 15 is 0 Å². The first-order valence-electron chi connectivity index (χ1n) is 22.3. The maximum Gasteiger partial charge on any atom is 0.164 e. The van der Waals surface area contributed by atoms with Crippen LogP contribution in [0.1, 0.15) is 25.0 Å².